The lowest BCUT2D eigenvalue weighted by molar-refractivity contribution is 0.455. The van der Waals surface area contributed by atoms with Crippen molar-refractivity contribution in [2.24, 2.45) is 0 Å². The van der Waals surface area contributed by atoms with Gasteiger partial charge in [0.05, 0.1) is 0 Å². The van der Waals surface area contributed by atoms with Crippen LogP contribution in [0.3, 0.4) is 0 Å². The first-order valence-electron chi connectivity index (χ1n) is 6.46. The van der Waals surface area contributed by atoms with Gasteiger partial charge in [-0.15, -0.1) is 0 Å². The van der Waals surface area contributed by atoms with Gasteiger partial charge in [0.2, 0.25) is 0 Å². The topological polar surface area (TPSA) is 0 Å². The van der Waals surface area contributed by atoms with Crippen molar-refractivity contribution < 1.29 is 0 Å². The van der Waals surface area contributed by atoms with Crippen LogP contribution in [0.5, 0.6) is 0 Å². The molecule has 3 heteroatoms. The van der Waals surface area contributed by atoms with Gasteiger partial charge >= 0.3 is 16.0 Å². The van der Waals surface area contributed by atoms with Gasteiger partial charge in [-0.2, -0.15) is 0 Å². The molecule has 1 aromatic carbocycles. The maximum atomic E-state index is 3.20. The van der Waals surface area contributed by atoms with E-state index in [0.29, 0.717) is 0 Å². The van der Waals surface area contributed by atoms with Crippen LogP contribution in [-0.4, -0.2) is 16.0 Å². The van der Waals surface area contributed by atoms with Crippen molar-refractivity contribution in [2.75, 3.05) is 0 Å². The zero-order valence-corrected chi connectivity index (χ0v) is 14.9. The molecule has 1 saturated carbocycles. The van der Waals surface area contributed by atoms with E-state index in [1.165, 1.54) is 50.5 Å². The van der Waals surface area contributed by atoms with Crippen molar-refractivity contribution in [3.05, 3.63) is 35.9 Å². The summed E-state index contributed by atoms with van der Waals surface area (Å²) in [7, 11) is 0. The summed E-state index contributed by atoms with van der Waals surface area (Å²) < 4.78 is 0. The predicted molar refractivity (Wildman–Crippen MR) is 83.9 cm³/mol. The quantitative estimate of drug-likeness (QED) is 0.562. The molecule has 1 aromatic rings. The molecule has 0 atom stereocenters. The minimum Gasteiger partial charge on any atom is -0.280 e. The normalized spacial score (nSPS) is 17.1. The van der Waals surface area contributed by atoms with E-state index in [1.807, 2.05) is 12.1 Å². The third-order valence-electron chi connectivity index (χ3n) is 3.32. The van der Waals surface area contributed by atoms with Gasteiger partial charge in [-0.25, -0.2) is 0 Å². The second kappa shape index (κ2) is 10.8. The molecule has 1 aliphatic rings. The summed E-state index contributed by atoms with van der Waals surface area (Å²) in [6, 6.07) is 11.7. The smallest absolute Gasteiger partial charge is 0.280 e. The Balaban J connectivity index is 0.000000437. The highest BCUT2D eigenvalue weighted by molar-refractivity contribution is 9.47. The minimum atomic E-state index is 0.0417. The lowest BCUT2D eigenvalue weighted by Gasteiger charge is -2.19. The van der Waals surface area contributed by atoms with Gasteiger partial charge in [0.1, 0.15) is 0 Å². The highest BCUT2D eigenvalue weighted by Gasteiger charge is 2.12. The first kappa shape index (κ1) is 16.0. The molecule has 1 radical (unpaired) electrons. The number of benzene rings is 1. The van der Waals surface area contributed by atoms with Crippen molar-refractivity contribution >= 4 is 41.8 Å². The summed E-state index contributed by atoms with van der Waals surface area (Å²) in [6.45, 7) is 0. The fourth-order valence-electron chi connectivity index (χ4n) is 2.46. The first-order chi connectivity index (χ1) is 8.38. The summed E-state index contributed by atoms with van der Waals surface area (Å²) in [5.41, 5.74) is 1.53. The molecule has 0 spiro atoms. The van der Waals surface area contributed by atoms with Crippen molar-refractivity contribution in [1.82, 2.24) is 0 Å². The van der Waals surface area contributed by atoms with Crippen LogP contribution in [0.2, 0.25) is 0 Å². The van der Waals surface area contributed by atoms with Crippen LogP contribution >= 0.6 is 25.8 Å². The van der Waals surface area contributed by atoms with Crippen LogP contribution in [0.25, 0.3) is 0 Å². The Morgan fingerprint density at radius 1 is 0.941 bits per heavy atom. The van der Waals surface area contributed by atoms with E-state index < -0.39 is 0 Å². The van der Waals surface area contributed by atoms with Crippen molar-refractivity contribution in [1.29, 1.82) is 0 Å². The van der Waals surface area contributed by atoms with E-state index in [9.17, 15) is 0 Å². The average molecular weight is 371 g/mol. The standard InChI is InChI=1S/C14H19.2BrH.Mg/c1-2-5-9-13(10-6-3-1)14-11-7-4-8-12-14;;;/h7-8,11-13H,1-3,5-6,9-10H2;2*1H;/q;;;+2/p-2. The Labute approximate surface area is 127 Å². The van der Waals surface area contributed by atoms with E-state index in [-0.39, 0.29) is 16.0 Å². The molecule has 0 nitrogen and oxygen atoms in total. The number of hydrogen-bond donors (Lipinski definition) is 0. The van der Waals surface area contributed by atoms with Crippen LogP contribution in [0, 0.1) is 6.07 Å². The number of hydrogen-bond acceptors (Lipinski definition) is 0. The molecule has 0 aromatic heterocycles. The molecule has 17 heavy (non-hydrogen) atoms. The van der Waals surface area contributed by atoms with E-state index in [4.69, 9.17) is 0 Å². The van der Waals surface area contributed by atoms with Crippen LogP contribution in [0.15, 0.2) is 24.3 Å². The summed E-state index contributed by atoms with van der Waals surface area (Å²) in [6.07, 6.45) is 9.96. The largest absolute Gasteiger partial charge is 0.560 e. The molecule has 0 unspecified atom stereocenters. The van der Waals surface area contributed by atoms with Crippen molar-refractivity contribution in [3.63, 3.8) is 0 Å². The first-order valence-corrected chi connectivity index (χ1v) is 14.3. The second-order valence-corrected chi connectivity index (χ2v) is 12.6. The second-order valence-electron chi connectivity index (χ2n) is 4.48. The fourth-order valence-corrected chi connectivity index (χ4v) is 2.46. The van der Waals surface area contributed by atoms with Gasteiger partial charge in [0.25, 0.3) is 0 Å². The molecular formula is C14H19Br2Mg. The Bertz CT molecular complexity index is 269. The SMILES string of the molecule is [Br][Mg][Br].[c]1ccc(C2CCCCCCC2)cc1. The zero-order chi connectivity index (χ0) is 12.3. The molecule has 1 fully saturated rings. The molecule has 0 aliphatic heterocycles. The van der Waals surface area contributed by atoms with Gasteiger partial charge in [-0.3, -0.25) is 25.8 Å². The Kier molecular flexibility index (Phi) is 10.2. The van der Waals surface area contributed by atoms with Crippen LogP contribution in [-0.2, 0) is 0 Å². The number of rotatable bonds is 1. The Morgan fingerprint density at radius 3 is 1.94 bits per heavy atom. The van der Waals surface area contributed by atoms with Crippen molar-refractivity contribution in [3.8, 4) is 0 Å². The molecule has 0 bridgehead atoms. The third kappa shape index (κ3) is 7.19. The van der Waals surface area contributed by atoms with Crippen LogP contribution in [0.4, 0.5) is 0 Å². The van der Waals surface area contributed by atoms with Crippen LogP contribution < -0.4 is 0 Å². The fraction of sp³-hybridized carbons (Fsp3) is 0.571. The number of halogens is 2. The van der Waals surface area contributed by atoms with Gasteiger partial charge in [0, 0.05) is 0 Å². The Hall–Kier alpha value is 0.946. The predicted octanol–water partition coefficient (Wildman–Crippen LogP) is 5.63. The summed E-state index contributed by atoms with van der Waals surface area (Å²) in [5.74, 6) is 0.824. The maximum absolute atomic E-state index is 3.20. The highest BCUT2D eigenvalue weighted by Crippen LogP contribution is 2.30. The lowest BCUT2D eigenvalue weighted by Crippen LogP contribution is -2.01. The van der Waals surface area contributed by atoms with E-state index >= 15 is 0 Å². The molecule has 2 rings (SSSR count). The molecule has 91 valence electrons. The molecule has 0 N–H and O–H groups in total. The highest BCUT2D eigenvalue weighted by atomic mass is 79.9. The van der Waals surface area contributed by atoms with Gasteiger partial charge in [0.15, 0.2) is 0 Å². The average Bonchev–Trinajstić information content (AvgIpc) is 2.31. The minimum absolute atomic E-state index is 0.0417. The zero-order valence-electron chi connectivity index (χ0n) is 10.3. The molecule has 1 aliphatic carbocycles. The van der Waals surface area contributed by atoms with E-state index in [1.54, 1.807) is 0 Å². The van der Waals surface area contributed by atoms with E-state index in [2.05, 4.69) is 44.0 Å². The van der Waals surface area contributed by atoms with E-state index in [0.717, 1.165) is 5.92 Å². The summed E-state index contributed by atoms with van der Waals surface area (Å²) >= 11 is 6.44. The summed E-state index contributed by atoms with van der Waals surface area (Å²) in [5, 5.41) is 0. The van der Waals surface area contributed by atoms with Gasteiger partial charge in [-0.05, 0) is 30.4 Å². The van der Waals surface area contributed by atoms with Crippen molar-refractivity contribution in [2.45, 2.75) is 50.9 Å². The molecule has 0 saturated heterocycles. The third-order valence-corrected chi connectivity index (χ3v) is 3.32. The van der Waals surface area contributed by atoms with Gasteiger partial charge < -0.3 is 0 Å². The Morgan fingerprint density at radius 2 is 1.41 bits per heavy atom. The molecule has 0 heterocycles. The van der Waals surface area contributed by atoms with Crippen LogP contribution in [0.1, 0.15) is 56.4 Å². The lowest BCUT2D eigenvalue weighted by atomic mass is 9.86. The monoisotopic (exact) mass is 369 g/mol. The van der Waals surface area contributed by atoms with Gasteiger partial charge in [-0.1, -0.05) is 56.4 Å². The molecule has 0 amide bonds. The molecular weight excluding hydrogens is 352 g/mol. The maximum Gasteiger partial charge on any atom is 0.560 e. The summed E-state index contributed by atoms with van der Waals surface area (Å²) in [4.78, 5) is 0.